The fourth-order valence-electron chi connectivity index (χ4n) is 5.22. The van der Waals surface area contributed by atoms with Crippen molar-refractivity contribution >= 4 is 5.91 Å². The fourth-order valence-corrected chi connectivity index (χ4v) is 5.22. The van der Waals surface area contributed by atoms with E-state index in [4.69, 9.17) is 19.9 Å². The number of ether oxygens (including phenoxy) is 3. The zero-order valence-electron chi connectivity index (χ0n) is 22.2. The summed E-state index contributed by atoms with van der Waals surface area (Å²) in [5.74, 6) is 1.53. The van der Waals surface area contributed by atoms with Crippen LogP contribution in [-0.4, -0.2) is 62.0 Å². The second-order valence-electron chi connectivity index (χ2n) is 9.65. The summed E-state index contributed by atoms with van der Waals surface area (Å²) in [7, 11) is 3.29. The van der Waals surface area contributed by atoms with Gasteiger partial charge in [0, 0.05) is 13.0 Å². The topological polar surface area (TPSA) is 94.2 Å². The molecule has 1 heterocycles. The van der Waals surface area contributed by atoms with Gasteiger partial charge in [0.2, 0.25) is 5.91 Å². The number of nitrogens with zero attached hydrogens (tertiary/aromatic N) is 1. The number of nitrogens with two attached hydrogens (primary N) is 1. The fraction of sp³-hybridized carbons (Fsp3) is 0.387. The standard InChI is InChI=1S/C31H38N2O5/c1-36-28-15-11-24(12-16-28)31(23-8-4-3-5-9-23,25-13-17-29(37-2)18-14-25)38-22-26-20-27(34)21-33(26)30(35)10-6-7-19-32/h3-5,8-9,11-18,26-27,34H,6-7,10,19-22,32H2,1-2H3/t26-,27+/m0/s1. The molecule has 1 fully saturated rings. The minimum Gasteiger partial charge on any atom is -0.497 e. The van der Waals surface area contributed by atoms with Crippen LogP contribution in [0.15, 0.2) is 78.9 Å². The van der Waals surface area contributed by atoms with Crippen LogP contribution in [0.5, 0.6) is 11.5 Å². The first-order valence-electron chi connectivity index (χ1n) is 13.2. The molecule has 0 aliphatic carbocycles. The van der Waals surface area contributed by atoms with Crippen LogP contribution in [-0.2, 0) is 15.1 Å². The van der Waals surface area contributed by atoms with Crippen LogP contribution in [0.25, 0.3) is 0 Å². The lowest BCUT2D eigenvalue weighted by Gasteiger charge is -2.38. The van der Waals surface area contributed by atoms with Crippen LogP contribution in [0, 0.1) is 0 Å². The third-order valence-corrected chi connectivity index (χ3v) is 7.22. The van der Waals surface area contributed by atoms with E-state index < -0.39 is 11.7 Å². The van der Waals surface area contributed by atoms with Gasteiger partial charge in [-0.2, -0.15) is 0 Å². The van der Waals surface area contributed by atoms with Crippen LogP contribution in [0.4, 0.5) is 0 Å². The summed E-state index contributed by atoms with van der Waals surface area (Å²) in [6.07, 6.45) is 1.85. The number of hydrogen-bond acceptors (Lipinski definition) is 6. The molecule has 202 valence electrons. The van der Waals surface area contributed by atoms with E-state index in [1.807, 2.05) is 78.9 Å². The van der Waals surface area contributed by atoms with E-state index in [0.29, 0.717) is 25.9 Å². The van der Waals surface area contributed by atoms with Gasteiger partial charge in [0.05, 0.1) is 33.0 Å². The number of carbonyl (C=O) groups is 1. The number of methoxy groups -OCH3 is 2. The Hall–Kier alpha value is -3.39. The summed E-state index contributed by atoms with van der Waals surface area (Å²) in [5.41, 5.74) is 7.45. The zero-order valence-corrected chi connectivity index (χ0v) is 22.2. The summed E-state index contributed by atoms with van der Waals surface area (Å²) in [6.45, 7) is 1.14. The lowest BCUT2D eigenvalue weighted by atomic mass is 9.80. The van der Waals surface area contributed by atoms with Crippen LogP contribution < -0.4 is 15.2 Å². The predicted octanol–water partition coefficient (Wildman–Crippen LogP) is 4.10. The van der Waals surface area contributed by atoms with E-state index in [-0.39, 0.29) is 18.6 Å². The molecule has 1 aliphatic heterocycles. The maximum Gasteiger partial charge on any atom is 0.222 e. The van der Waals surface area contributed by atoms with E-state index in [0.717, 1.165) is 41.0 Å². The van der Waals surface area contributed by atoms with Gasteiger partial charge in [-0.25, -0.2) is 0 Å². The Morgan fingerprint density at radius 3 is 1.97 bits per heavy atom. The van der Waals surface area contributed by atoms with E-state index in [1.54, 1.807) is 19.1 Å². The van der Waals surface area contributed by atoms with Crippen molar-refractivity contribution in [3.63, 3.8) is 0 Å². The minimum atomic E-state index is -0.971. The summed E-state index contributed by atoms with van der Waals surface area (Å²) in [4.78, 5) is 14.8. The molecule has 0 aromatic heterocycles. The van der Waals surface area contributed by atoms with Crippen molar-refractivity contribution in [3.8, 4) is 11.5 Å². The Morgan fingerprint density at radius 1 is 0.895 bits per heavy atom. The van der Waals surface area contributed by atoms with Crippen molar-refractivity contribution in [1.29, 1.82) is 0 Å². The summed E-state index contributed by atoms with van der Waals surface area (Å²) < 4.78 is 17.8. The number of carbonyl (C=O) groups excluding carboxylic acids is 1. The molecule has 7 heteroatoms. The van der Waals surface area contributed by atoms with Gasteiger partial charge < -0.3 is 30.0 Å². The quantitative estimate of drug-likeness (QED) is 0.277. The molecule has 0 spiro atoms. The monoisotopic (exact) mass is 518 g/mol. The number of β-amino-alcohol motifs (C(OH)–C–C–N with tert-alkyl or cyclic N) is 1. The van der Waals surface area contributed by atoms with Gasteiger partial charge >= 0.3 is 0 Å². The van der Waals surface area contributed by atoms with Gasteiger partial charge in [-0.15, -0.1) is 0 Å². The number of benzene rings is 3. The molecule has 3 aromatic rings. The minimum absolute atomic E-state index is 0.0304. The first kappa shape index (κ1) is 27.6. The molecular weight excluding hydrogens is 480 g/mol. The average molecular weight is 519 g/mol. The number of rotatable bonds is 12. The molecule has 38 heavy (non-hydrogen) atoms. The van der Waals surface area contributed by atoms with Gasteiger partial charge in [-0.3, -0.25) is 4.79 Å². The first-order chi connectivity index (χ1) is 18.5. The molecule has 0 unspecified atom stereocenters. The normalized spacial score (nSPS) is 17.4. The number of aliphatic hydroxyl groups is 1. The third kappa shape index (κ3) is 6.01. The highest BCUT2D eigenvalue weighted by Crippen LogP contribution is 2.42. The third-order valence-electron chi connectivity index (χ3n) is 7.22. The van der Waals surface area contributed by atoms with Crippen LogP contribution in [0.3, 0.4) is 0 Å². The Bertz CT molecular complexity index is 1100. The molecule has 4 rings (SSSR count). The molecule has 1 saturated heterocycles. The molecule has 0 saturated carbocycles. The van der Waals surface area contributed by atoms with Gasteiger partial charge in [-0.1, -0.05) is 54.6 Å². The molecule has 7 nitrogen and oxygen atoms in total. The number of hydrogen-bond donors (Lipinski definition) is 2. The summed E-state index contributed by atoms with van der Waals surface area (Å²) in [5, 5.41) is 10.5. The van der Waals surface area contributed by atoms with Gasteiger partial charge in [-0.05, 0) is 66.8 Å². The zero-order chi connectivity index (χ0) is 27.0. The number of unbranched alkanes of at least 4 members (excludes halogenated alkanes) is 1. The van der Waals surface area contributed by atoms with Crippen molar-refractivity contribution in [1.82, 2.24) is 4.90 Å². The molecule has 3 N–H and O–H groups in total. The van der Waals surface area contributed by atoms with Crippen molar-refractivity contribution in [2.45, 2.75) is 43.4 Å². The maximum atomic E-state index is 13.0. The van der Waals surface area contributed by atoms with Crippen molar-refractivity contribution in [3.05, 3.63) is 95.6 Å². The highest BCUT2D eigenvalue weighted by Gasteiger charge is 2.41. The van der Waals surface area contributed by atoms with E-state index in [2.05, 4.69) is 0 Å². The molecule has 0 radical (unpaired) electrons. The second-order valence-corrected chi connectivity index (χ2v) is 9.65. The SMILES string of the molecule is COc1ccc(C(OC[C@@H]2C[C@@H](O)CN2C(=O)CCCCN)(c2ccccc2)c2ccc(OC)cc2)cc1. The van der Waals surface area contributed by atoms with Crippen molar-refractivity contribution < 1.29 is 24.1 Å². The number of amides is 1. The molecule has 2 atom stereocenters. The van der Waals surface area contributed by atoms with Crippen LogP contribution in [0.2, 0.25) is 0 Å². The summed E-state index contributed by atoms with van der Waals surface area (Å²) in [6, 6.07) is 25.6. The van der Waals surface area contributed by atoms with Crippen molar-refractivity contribution in [2.75, 3.05) is 33.9 Å². The number of likely N-dealkylation sites (tertiary alicyclic amines) is 1. The van der Waals surface area contributed by atoms with E-state index in [1.165, 1.54) is 0 Å². The largest absolute Gasteiger partial charge is 0.497 e. The maximum absolute atomic E-state index is 13.0. The van der Waals surface area contributed by atoms with E-state index in [9.17, 15) is 9.90 Å². The Labute approximate surface area is 225 Å². The molecular formula is C31H38N2O5. The highest BCUT2D eigenvalue weighted by atomic mass is 16.5. The Morgan fingerprint density at radius 2 is 1.45 bits per heavy atom. The number of aliphatic hydroxyl groups excluding tert-OH is 1. The van der Waals surface area contributed by atoms with Crippen LogP contribution >= 0.6 is 0 Å². The average Bonchev–Trinajstić information content (AvgIpc) is 3.35. The van der Waals surface area contributed by atoms with Gasteiger partial charge in [0.1, 0.15) is 17.1 Å². The highest BCUT2D eigenvalue weighted by molar-refractivity contribution is 5.77. The first-order valence-corrected chi connectivity index (χ1v) is 13.2. The van der Waals surface area contributed by atoms with Crippen LogP contribution in [0.1, 0.15) is 42.4 Å². The molecule has 0 bridgehead atoms. The lowest BCUT2D eigenvalue weighted by Crippen LogP contribution is -2.42. The second kappa shape index (κ2) is 12.9. The molecule has 1 aliphatic rings. The molecule has 1 amide bonds. The van der Waals surface area contributed by atoms with Crippen molar-refractivity contribution in [2.24, 2.45) is 5.73 Å². The Balaban J connectivity index is 1.74. The van der Waals surface area contributed by atoms with Gasteiger partial charge in [0.25, 0.3) is 0 Å². The Kier molecular flexibility index (Phi) is 9.39. The predicted molar refractivity (Wildman–Crippen MR) is 147 cm³/mol. The van der Waals surface area contributed by atoms with E-state index >= 15 is 0 Å². The van der Waals surface area contributed by atoms with Gasteiger partial charge in [0.15, 0.2) is 0 Å². The molecule has 3 aromatic carbocycles. The summed E-state index contributed by atoms with van der Waals surface area (Å²) >= 11 is 0. The smallest absolute Gasteiger partial charge is 0.222 e. The lowest BCUT2D eigenvalue weighted by molar-refractivity contribution is -0.134.